The Morgan fingerprint density at radius 2 is 1.88 bits per heavy atom. The molecule has 33 heavy (non-hydrogen) atoms. The summed E-state index contributed by atoms with van der Waals surface area (Å²) < 4.78 is 34.5. The molecule has 0 aliphatic rings. The van der Waals surface area contributed by atoms with Crippen molar-refractivity contribution < 1.29 is 13.2 Å². The van der Waals surface area contributed by atoms with Crippen LogP contribution in [0.25, 0.3) is 15.9 Å². The highest BCUT2D eigenvalue weighted by molar-refractivity contribution is 7.91. The number of anilines is 1. The SMILES string of the molecule is CCc1ccc(S(=O)(=O)c2nnn3c2nc(NCc2ccccc2OC)c2sccc23)cc1. The summed E-state index contributed by atoms with van der Waals surface area (Å²) in [4.78, 5) is 4.81. The number of nitrogens with zero attached hydrogens (tertiary/aromatic N) is 4. The minimum absolute atomic E-state index is 0.165. The number of aryl methyl sites for hydroxylation is 1. The molecule has 5 rings (SSSR count). The number of nitrogens with one attached hydrogen (secondary N) is 1. The van der Waals surface area contributed by atoms with Gasteiger partial charge in [-0.15, -0.1) is 16.4 Å². The summed E-state index contributed by atoms with van der Waals surface area (Å²) in [6.07, 6.45) is 0.828. The Hall–Kier alpha value is -3.50. The van der Waals surface area contributed by atoms with E-state index in [4.69, 9.17) is 4.74 Å². The Bertz CT molecular complexity index is 1560. The van der Waals surface area contributed by atoms with Gasteiger partial charge in [-0.3, -0.25) is 0 Å². The lowest BCUT2D eigenvalue weighted by atomic mass is 10.2. The lowest BCUT2D eigenvalue weighted by molar-refractivity contribution is 0.410. The number of sulfone groups is 1. The Morgan fingerprint density at radius 3 is 2.64 bits per heavy atom. The first-order valence-corrected chi connectivity index (χ1v) is 12.7. The molecule has 0 bridgehead atoms. The molecule has 0 fully saturated rings. The molecule has 0 saturated carbocycles. The standard InChI is InChI=1S/C23H21N5O3S2/c1-3-15-8-10-17(11-9-15)33(29,30)23-22-25-21(20-18(12-13-32-20)28(22)27-26-23)24-14-16-6-4-5-7-19(16)31-2/h4-13H,3,14H2,1-2H3,(H,24,25). The zero-order valence-electron chi connectivity index (χ0n) is 18.0. The zero-order chi connectivity index (χ0) is 23.0. The molecule has 3 heterocycles. The van der Waals surface area contributed by atoms with Gasteiger partial charge in [0.15, 0.2) is 5.65 Å². The van der Waals surface area contributed by atoms with E-state index in [2.05, 4.69) is 20.6 Å². The number of ether oxygens (including phenoxy) is 1. The van der Waals surface area contributed by atoms with Crippen molar-refractivity contribution in [2.45, 2.75) is 29.8 Å². The summed E-state index contributed by atoms with van der Waals surface area (Å²) in [7, 11) is -2.27. The number of aromatic nitrogens is 4. The predicted octanol–water partition coefficient (Wildman–Crippen LogP) is 4.35. The molecular formula is C23H21N5O3S2. The maximum absolute atomic E-state index is 13.4. The summed E-state index contributed by atoms with van der Waals surface area (Å²) in [6, 6.07) is 16.4. The van der Waals surface area contributed by atoms with Gasteiger partial charge in [-0.25, -0.2) is 13.4 Å². The van der Waals surface area contributed by atoms with Crippen molar-refractivity contribution in [1.82, 2.24) is 19.8 Å². The molecule has 0 radical (unpaired) electrons. The molecule has 5 aromatic rings. The average Bonchev–Trinajstić information content (AvgIpc) is 3.50. The third-order valence-electron chi connectivity index (χ3n) is 5.46. The Kier molecular flexibility index (Phi) is 5.47. The lowest BCUT2D eigenvalue weighted by Gasteiger charge is -2.11. The van der Waals surface area contributed by atoms with Crippen LogP contribution < -0.4 is 10.1 Å². The van der Waals surface area contributed by atoms with E-state index in [1.807, 2.05) is 54.8 Å². The van der Waals surface area contributed by atoms with Gasteiger partial charge in [0.25, 0.3) is 0 Å². The van der Waals surface area contributed by atoms with Crippen molar-refractivity contribution in [1.29, 1.82) is 0 Å². The summed E-state index contributed by atoms with van der Waals surface area (Å²) in [6.45, 7) is 2.48. The number of hydrogen-bond donors (Lipinski definition) is 1. The first kappa shape index (κ1) is 21.4. The van der Waals surface area contributed by atoms with Crippen LogP contribution in [0.4, 0.5) is 5.82 Å². The molecule has 0 amide bonds. The summed E-state index contributed by atoms with van der Waals surface area (Å²) in [5.41, 5.74) is 2.94. The lowest BCUT2D eigenvalue weighted by Crippen LogP contribution is -2.07. The second-order valence-corrected chi connectivity index (χ2v) is 10.2. The van der Waals surface area contributed by atoms with E-state index >= 15 is 0 Å². The van der Waals surface area contributed by atoms with E-state index in [0.717, 1.165) is 33.5 Å². The monoisotopic (exact) mass is 479 g/mol. The highest BCUT2D eigenvalue weighted by Crippen LogP contribution is 2.32. The number of methoxy groups -OCH3 is 1. The third kappa shape index (κ3) is 3.70. The second-order valence-electron chi connectivity index (χ2n) is 7.39. The molecule has 168 valence electrons. The van der Waals surface area contributed by atoms with Gasteiger partial charge >= 0.3 is 0 Å². The van der Waals surface area contributed by atoms with Crippen molar-refractivity contribution >= 4 is 42.9 Å². The molecule has 0 atom stereocenters. The van der Waals surface area contributed by atoms with Crippen LogP contribution in [-0.4, -0.2) is 35.3 Å². The van der Waals surface area contributed by atoms with Crippen molar-refractivity contribution in [3.05, 3.63) is 71.1 Å². The number of thiophene rings is 1. The van der Waals surface area contributed by atoms with Gasteiger partial charge < -0.3 is 10.1 Å². The van der Waals surface area contributed by atoms with Crippen molar-refractivity contribution in [3.63, 3.8) is 0 Å². The molecule has 0 aliphatic heterocycles. The largest absolute Gasteiger partial charge is 0.496 e. The second kappa shape index (κ2) is 8.45. The topological polar surface area (TPSA) is 98.5 Å². The molecule has 0 unspecified atom stereocenters. The maximum atomic E-state index is 13.4. The van der Waals surface area contributed by atoms with E-state index in [-0.39, 0.29) is 15.6 Å². The first-order valence-electron chi connectivity index (χ1n) is 10.4. The van der Waals surface area contributed by atoms with Crippen LogP contribution in [0, 0.1) is 0 Å². The minimum atomic E-state index is -3.89. The predicted molar refractivity (Wildman–Crippen MR) is 128 cm³/mol. The Balaban J connectivity index is 1.60. The molecule has 1 N–H and O–H groups in total. The van der Waals surface area contributed by atoms with Crippen LogP contribution in [0.2, 0.25) is 0 Å². The fourth-order valence-corrected chi connectivity index (χ4v) is 5.73. The molecule has 8 nitrogen and oxygen atoms in total. The summed E-state index contributed by atoms with van der Waals surface area (Å²) >= 11 is 1.50. The number of benzene rings is 2. The number of fused-ring (bicyclic) bond motifs is 3. The molecule has 0 aliphatic carbocycles. The van der Waals surface area contributed by atoms with Gasteiger partial charge in [0.2, 0.25) is 14.9 Å². The molecule has 3 aromatic heterocycles. The van der Waals surface area contributed by atoms with E-state index < -0.39 is 9.84 Å². The molecule has 0 saturated heterocycles. The molecule has 10 heteroatoms. The van der Waals surface area contributed by atoms with Gasteiger partial charge in [-0.2, -0.15) is 4.52 Å². The Labute approximate surface area is 194 Å². The van der Waals surface area contributed by atoms with E-state index in [9.17, 15) is 8.42 Å². The number of rotatable bonds is 7. The van der Waals surface area contributed by atoms with Crippen LogP contribution in [0.1, 0.15) is 18.1 Å². The molecular weight excluding hydrogens is 458 g/mol. The normalized spacial score (nSPS) is 11.8. The van der Waals surface area contributed by atoms with Crippen molar-refractivity contribution in [2.75, 3.05) is 12.4 Å². The van der Waals surface area contributed by atoms with E-state index in [0.29, 0.717) is 12.4 Å². The van der Waals surface area contributed by atoms with Gasteiger partial charge in [-0.1, -0.05) is 42.5 Å². The average molecular weight is 480 g/mol. The smallest absolute Gasteiger partial charge is 0.229 e. The summed E-state index contributed by atoms with van der Waals surface area (Å²) in [5, 5.41) is 13.2. The highest BCUT2D eigenvalue weighted by atomic mass is 32.2. The van der Waals surface area contributed by atoms with Crippen LogP contribution in [-0.2, 0) is 22.8 Å². The van der Waals surface area contributed by atoms with Crippen molar-refractivity contribution in [3.8, 4) is 5.75 Å². The number of para-hydroxylation sites is 1. The minimum Gasteiger partial charge on any atom is -0.496 e. The fourth-order valence-electron chi connectivity index (χ4n) is 3.66. The van der Waals surface area contributed by atoms with Gasteiger partial charge in [0, 0.05) is 12.1 Å². The van der Waals surface area contributed by atoms with Gasteiger partial charge in [0.05, 0.1) is 22.2 Å². The first-order chi connectivity index (χ1) is 16.0. The summed E-state index contributed by atoms with van der Waals surface area (Å²) in [5.74, 6) is 1.33. The molecule has 2 aromatic carbocycles. The quantitative estimate of drug-likeness (QED) is 0.370. The fraction of sp³-hybridized carbons (Fsp3) is 0.174. The number of hydrogen-bond acceptors (Lipinski definition) is 8. The van der Waals surface area contributed by atoms with Crippen LogP contribution in [0.15, 0.2) is 69.9 Å². The van der Waals surface area contributed by atoms with Gasteiger partial charge in [0.1, 0.15) is 11.6 Å². The van der Waals surface area contributed by atoms with Crippen LogP contribution >= 0.6 is 11.3 Å². The van der Waals surface area contributed by atoms with E-state index in [1.165, 1.54) is 15.9 Å². The molecule has 0 spiro atoms. The Morgan fingerprint density at radius 1 is 1.09 bits per heavy atom. The third-order valence-corrected chi connectivity index (χ3v) is 8.03. The van der Waals surface area contributed by atoms with Crippen molar-refractivity contribution in [2.24, 2.45) is 0 Å². The van der Waals surface area contributed by atoms with Crippen LogP contribution in [0.5, 0.6) is 5.75 Å². The van der Waals surface area contributed by atoms with Crippen LogP contribution in [0.3, 0.4) is 0 Å². The van der Waals surface area contributed by atoms with Gasteiger partial charge in [-0.05, 0) is 41.6 Å². The highest BCUT2D eigenvalue weighted by Gasteiger charge is 2.27. The van der Waals surface area contributed by atoms with E-state index in [1.54, 1.807) is 19.2 Å². The zero-order valence-corrected chi connectivity index (χ0v) is 19.7. The maximum Gasteiger partial charge on any atom is 0.229 e.